The van der Waals surface area contributed by atoms with Crippen LogP contribution in [-0.2, 0) is 0 Å². The van der Waals surface area contributed by atoms with E-state index in [1.54, 1.807) is 0 Å². The SMILES string of the molecule is CCS(C#Cc1c2cc3cc(C)sc3cc2c(C#CS(CC)(CC)CC)c2cc3cc(C)sc3cc12)(CC)CC. The predicted molar refractivity (Wildman–Crippen MR) is 194 cm³/mol. The Morgan fingerprint density at radius 2 is 0.825 bits per heavy atom. The molecule has 0 fully saturated rings. The van der Waals surface area contributed by atoms with Crippen LogP contribution in [0.15, 0.2) is 36.4 Å². The van der Waals surface area contributed by atoms with E-state index in [2.05, 4.69) is 114 Å². The van der Waals surface area contributed by atoms with Crippen molar-refractivity contribution in [1.29, 1.82) is 0 Å². The Morgan fingerprint density at radius 3 is 1.15 bits per heavy atom. The average molecular weight is 603 g/mol. The third-order valence-corrected chi connectivity index (χ3v) is 18.5. The number of rotatable bonds is 6. The van der Waals surface area contributed by atoms with Gasteiger partial charge in [0.15, 0.2) is 0 Å². The van der Waals surface area contributed by atoms with Gasteiger partial charge in [0.1, 0.15) is 0 Å². The van der Waals surface area contributed by atoms with Gasteiger partial charge in [-0.25, -0.2) is 0 Å². The van der Waals surface area contributed by atoms with E-state index in [1.165, 1.54) is 62.6 Å². The van der Waals surface area contributed by atoms with Gasteiger partial charge >= 0.3 is 0 Å². The van der Waals surface area contributed by atoms with Crippen LogP contribution in [0.25, 0.3) is 41.7 Å². The molecule has 0 aliphatic rings. The van der Waals surface area contributed by atoms with Crippen molar-refractivity contribution < 1.29 is 0 Å². The van der Waals surface area contributed by atoms with E-state index < -0.39 is 20.1 Å². The maximum Gasteiger partial charge on any atom is 0.0412 e. The molecule has 0 bridgehead atoms. The van der Waals surface area contributed by atoms with Crippen molar-refractivity contribution in [2.75, 3.05) is 34.5 Å². The van der Waals surface area contributed by atoms with Crippen LogP contribution in [-0.4, -0.2) is 34.5 Å². The van der Waals surface area contributed by atoms with E-state index in [0.717, 1.165) is 34.5 Å². The molecule has 0 unspecified atom stereocenters. The Labute approximate surface area is 252 Å². The van der Waals surface area contributed by atoms with Gasteiger partial charge in [-0.05, 0) is 117 Å². The normalized spacial score (nSPS) is 13.0. The smallest absolute Gasteiger partial charge is 0.0412 e. The van der Waals surface area contributed by atoms with Crippen molar-refractivity contribution in [3.63, 3.8) is 0 Å². The molecule has 0 spiro atoms. The zero-order chi connectivity index (χ0) is 28.7. The summed E-state index contributed by atoms with van der Waals surface area (Å²) >= 11 is 3.77. The Morgan fingerprint density at radius 1 is 0.500 bits per heavy atom. The van der Waals surface area contributed by atoms with Crippen molar-refractivity contribution in [2.24, 2.45) is 0 Å². The molecule has 5 aromatic rings. The van der Waals surface area contributed by atoms with Crippen molar-refractivity contribution in [2.45, 2.75) is 55.4 Å². The second kappa shape index (κ2) is 11.7. The largest absolute Gasteiger partial charge is 0.178 e. The molecule has 3 aromatic carbocycles. The number of hydrogen-bond acceptors (Lipinski definition) is 2. The van der Waals surface area contributed by atoms with Gasteiger partial charge in [0.25, 0.3) is 0 Å². The number of hydrogen-bond donors (Lipinski definition) is 0. The number of benzene rings is 3. The fourth-order valence-corrected chi connectivity index (χ4v) is 11.6. The third kappa shape index (κ3) is 5.18. The Hall–Kier alpha value is -2.08. The lowest BCUT2D eigenvalue weighted by Gasteiger charge is -2.30. The van der Waals surface area contributed by atoms with Crippen LogP contribution in [0.4, 0.5) is 0 Å². The minimum absolute atomic E-state index is 0.953. The molecule has 0 amide bonds. The molecule has 0 nitrogen and oxygen atoms in total. The van der Waals surface area contributed by atoms with Crippen molar-refractivity contribution >= 4 is 84.4 Å². The van der Waals surface area contributed by atoms with E-state index in [-0.39, 0.29) is 0 Å². The maximum atomic E-state index is 3.90. The van der Waals surface area contributed by atoms with Crippen LogP contribution < -0.4 is 0 Å². The summed E-state index contributed by atoms with van der Waals surface area (Å²) in [6.07, 6.45) is 0. The quantitative estimate of drug-likeness (QED) is 0.134. The molecule has 0 saturated carbocycles. The predicted octanol–water partition coefficient (Wildman–Crippen LogP) is 11.4. The van der Waals surface area contributed by atoms with E-state index >= 15 is 0 Å². The van der Waals surface area contributed by atoms with Crippen LogP contribution in [0.2, 0.25) is 0 Å². The molecule has 0 aliphatic heterocycles. The average Bonchev–Trinajstić information content (AvgIpc) is 3.52. The third-order valence-electron chi connectivity index (χ3n) is 8.74. The molecule has 40 heavy (non-hydrogen) atoms. The minimum Gasteiger partial charge on any atom is -0.178 e. The summed E-state index contributed by atoms with van der Waals surface area (Å²) in [5.41, 5.74) is 2.39. The van der Waals surface area contributed by atoms with Crippen molar-refractivity contribution in [1.82, 2.24) is 0 Å². The first-order valence-corrected chi connectivity index (χ1v) is 20.6. The van der Waals surface area contributed by atoms with Gasteiger partial charge in [-0.3, -0.25) is 0 Å². The van der Waals surface area contributed by atoms with E-state index in [4.69, 9.17) is 0 Å². The van der Waals surface area contributed by atoms with Gasteiger partial charge in [0, 0.05) is 41.1 Å². The number of fused-ring (bicyclic) bond motifs is 4. The first-order chi connectivity index (χ1) is 19.2. The van der Waals surface area contributed by atoms with Gasteiger partial charge < -0.3 is 0 Å². The Balaban J connectivity index is 1.99. The highest BCUT2D eigenvalue weighted by Crippen LogP contribution is 2.48. The molecule has 0 atom stereocenters. The monoisotopic (exact) mass is 602 g/mol. The lowest BCUT2D eigenvalue weighted by atomic mass is 9.91. The molecule has 0 radical (unpaired) electrons. The van der Waals surface area contributed by atoms with E-state index in [1.807, 2.05) is 22.7 Å². The molecule has 0 saturated heterocycles. The Kier molecular flexibility index (Phi) is 8.57. The summed E-state index contributed by atoms with van der Waals surface area (Å²) < 4.78 is 2.68. The first kappa shape index (κ1) is 29.4. The van der Waals surface area contributed by atoms with Crippen molar-refractivity contribution in [3.8, 4) is 22.3 Å². The van der Waals surface area contributed by atoms with Gasteiger partial charge in [-0.1, -0.05) is 53.4 Å². The summed E-state index contributed by atoms with van der Waals surface area (Å²) in [5.74, 6) is 14.6. The topological polar surface area (TPSA) is 0 Å². The van der Waals surface area contributed by atoms with Crippen LogP contribution in [0.5, 0.6) is 0 Å². The van der Waals surface area contributed by atoms with Crippen LogP contribution >= 0.6 is 42.7 Å². The second-order valence-electron chi connectivity index (χ2n) is 10.6. The van der Waals surface area contributed by atoms with E-state index in [0.29, 0.717) is 0 Å². The van der Waals surface area contributed by atoms with Crippen LogP contribution in [0, 0.1) is 36.2 Å². The van der Waals surface area contributed by atoms with Gasteiger partial charge in [0.05, 0.1) is 0 Å². The lowest BCUT2D eigenvalue weighted by molar-refractivity contribution is 1.36. The molecule has 0 aliphatic carbocycles. The highest BCUT2D eigenvalue weighted by molar-refractivity contribution is 8.37. The summed E-state index contributed by atoms with van der Waals surface area (Å²) in [5, 5.41) is 15.5. The number of thiophene rings is 2. The molecule has 0 N–H and O–H groups in total. The molecular formula is C36H42S4. The van der Waals surface area contributed by atoms with Gasteiger partial charge in [-0.15, -0.1) is 22.7 Å². The minimum atomic E-state index is -0.953. The fourth-order valence-electron chi connectivity index (χ4n) is 5.80. The zero-order valence-electron chi connectivity index (χ0n) is 25.3. The van der Waals surface area contributed by atoms with Crippen LogP contribution in [0.3, 0.4) is 0 Å². The number of aryl methyl sites for hydroxylation is 2. The maximum absolute atomic E-state index is 3.90. The molecule has 2 aromatic heterocycles. The van der Waals surface area contributed by atoms with Gasteiger partial charge in [-0.2, -0.15) is 20.1 Å². The van der Waals surface area contributed by atoms with Crippen LogP contribution in [0.1, 0.15) is 62.4 Å². The summed E-state index contributed by atoms with van der Waals surface area (Å²) in [6, 6.07) is 14.3. The molecule has 4 heteroatoms. The second-order valence-corrected chi connectivity index (χ2v) is 21.2. The lowest BCUT2D eigenvalue weighted by Crippen LogP contribution is -2.06. The molecule has 2 heterocycles. The van der Waals surface area contributed by atoms with Gasteiger partial charge in [0.2, 0.25) is 0 Å². The standard InChI is InChI=1S/C36H42S4/c1-9-39(10-2,11-3)17-15-29-31-21-27-19-25(7)38-36(27)24-34(31)30(16-18-40(12-4,13-5)14-6)32-22-28-20-26(8)37-35(28)23-33(29)32/h19-24H,9-14H2,1-8H3. The Bertz CT molecular complexity index is 1610. The molecular weight excluding hydrogens is 561 g/mol. The van der Waals surface area contributed by atoms with E-state index in [9.17, 15) is 0 Å². The zero-order valence-corrected chi connectivity index (χ0v) is 28.6. The van der Waals surface area contributed by atoms with Crippen molar-refractivity contribution in [3.05, 3.63) is 57.3 Å². The highest BCUT2D eigenvalue weighted by Gasteiger charge is 2.19. The summed E-state index contributed by atoms with van der Waals surface area (Å²) in [4.78, 5) is 2.70. The molecule has 5 rings (SSSR count). The summed E-state index contributed by atoms with van der Waals surface area (Å²) in [6.45, 7) is 18.4. The molecule has 210 valence electrons. The first-order valence-electron chi connectivity index (χ1n) is 14.7. The fraction of sp³-hybridized carbons (Fsp3) is 0.389. The summed E-state index contributed by atoms with van der Waals surface area (Å²) in [7, 11) is -1.91. The highest BCUT2D eigenvalue weighted by atomic mass is 32.3.